The molecule has 1 aromatic heterocycles. The Morgan fingerprint density at radius 3 is 2.67 bits per heavy atom. The topological polar surface area (TPSA) is 51.2 Å². The van der Waals surface area contributed by atoms with Gasteiger partial charge < -0.3 is 10.1 Å². The number of nitrogens with one attached hydrogen (secondary N) is 1. The molecule has 1 aromatic carbocycles. The highest BCUT2D eigenvalue weighted by Crippen LogP contribution is 2.26. The second-order valence-electron chi connectivity index (χ2n) is 3.51. The number of hydrogen-bond donors (Lipinski definition) is 1. The third-order valence-electron chi connectivity index (χ3n) is 2.36. The van der Waals surface area contributed by atoms with Gasteiger partial charge >= 0.3 is 0 Å². The maximum atomic E-state index is 12.1. The van der Waals surface area contributed by atoms with E-state index in [0.29, 0.717) is 22.0 Å². The van der Waals surface area contributed by atoms with Crippen molar-refractivity contribution < 1.29 is 9.53 Å². The van der Waals surface area contributed by atoms with Crippen molar-refractivity contribution in [2.24, 2.45) is 0 Å². The number of rotatable bonds is 3. The number of pyridine rings is 1. The molecule has 0 aliphatic heterocycles. The lowest BCUT2D eigenvalue weighted by atomic mass is 10.2. The zero-order valence-electron chi connectivity index (χ0n) is 9.68. The van der Waals surface area contributed by atoms with Crippen molar-refractivity contribution in [2.45, 2.75) is 0 Å². The Kier molecular flexibility index (Phi) is 3.79. The van der Waals surface area contributed by atoms with Crippen LogP contribution in [0.4, 0.5) is 5.69 Å². The van der Waals surface area contributed by atoms with Crippen LogP contribution in [0.25, 0.3) is 0 Å². The molecule has 0 unspecified atom stereocenters. The van der Waals surface area contributed by atoms with Crippen LogP contribution in [0.15, 0.2) is 42.7 Å². The molecule has 1 amide bonds. The maximum Gasteiger partial charge on any atom is 0.260 e. The van der Waals surface area contributed by atoms with Gasteiger partial charge in [0.25, 0.3) is 5.91 Å². The summed E-state index contributed by atoms with van der Waals surface area (Å²) in [5, 5.41) is 3.08. The molecular weight excluding hydrogens is 252 g/mol. The van der Waals surface area contributed by atoms with Crippen LogP contribution in [0.1, 0.15) is 10.4 Å². The van der Waals surface area contributed by atoms with Crippen LogP contribution in [0, 0.1) is 0 Å². The minimum Gasteiger partial charge on any atom is -0.496 e. The summed E-state index contributed by atoms with van der Waals surface area (Å²) < 4.78 is 5.13. The number of hydrogen-bond acceptors (Lipinski definition) is 3. The molecule has 5 heteroatoms. The fourth-order valence-electron chi connectivity index (χ4n) is 1.52. The Balaban J connectivity index is 2.29. The molecule has 0 radical (unpaired) electrons. The molecule has 1 heterocycles. The lowest BCUT2D eigenvalue weighted by molar-refractivity contribution is 0.102. The summed E-state index contributed by atoms with van der Waals surface area (Å²) in [7, 11) is 1.49. The molecule has 0 aliphatic carbocycles. The molecule has 0 atom stereocenters. The molecule has 2 aromatic rings. The molecule has 0 saturated heterocycles. The Morgan fingerprint density at radius 1 is 1.28 bits per heavy atom. The van der Waals surface area contributed by atoms with Crippen molar-refractivity contribution in [1.82, 2.24) is 4.98 Å². The summed E-state index contributed by atoms with van der Waals surface area (Å²) >= 11 is 6.02. The van der Waals surface area contributed by atoms with E-state index in [1.807, 2.05) is 0 Å². The van der Waals surface area contributed by atoms with E-state index in [4.69, 9.17) is 16.3 Å². The fraction of sp³-hybridized carbons (Fsp3) is 0.0769. The average Bonchev–Trinajstić information content (AvgIpc) is 2.39. The monoisotopic (exact) mass is 262 g/mol. The number of methoxy groups -OCH3 is 1. The molecule has 0 spiro atoms. The first-order valence-corrected chi connectivity index (χ1v) is 5.64. The lowest BCUT2D eigenvalue weighted by Crippen LogP contribution is -2.13. The van der Waals surface area contributed by atoms with Gasteiger partial charge in [0.2, 0.25) is 0 Å². The number of aromatic nitrogens is 1. The standard InChI is InChI=1S/C13H11ClN2O2/c1-18-11-4-2-3-10(14)12(11)13(17)16-9-5-7-15-8-6-9/h2-8H,1H3,(H,15,16,17). The summed E-state index contributed by atoms with van der Waals surface area (Å²) in [5.74, 6) is 0.123. The number of benzene rings is 1. The summed E-state index contributed by atoms with van der Waals surface area (Å²) in [6.07, 6.45) is 3.19. The van der Waals surface area contributed by atoms with Crippen LogP contribution < -0.4 is 10.1 Å². The predicted molar refractivity (Wildman–Crippen MR) is 70.2 cm³/mol. The van der Waals surface area contributed by atoms with Crippen molar-refractivity contribution in [2.75, 3.05) is 12.4 Å². The SMILES string of the molecule is COc1cccc(Cl)c1C(=O)Nc1ccncc1. The summed E-state index contributed by atoms with van der Waals surface area (Å²) in [6.45, 7) is 0. The molecule has 0 saturated carbocycles. The minimum atomic E-state index is -0.316. The molecule has 92 valence electrons. The zero-order valence-corrected chi connectivity index (χ0v) is 10.4. The number of amides is 1. The van der Waals surface area contributed by atoms with Gasteiger partial charge in [-0.1, -0.05) is 17.7 Å². The number of carbonyl (C=O) groups is 1. The summed E-state index contributed by atoms with van der Waals surface area (Å²) in [4.78, 5) is 16.0. The van der Waals surface area contributed by atoms with Crippen LogP contribution >= 0.6 is 11.6 Å². The third kappa shape index (κ3) is 2.60. The molecule has 0 bridgehead atoms. The Hall–Kier alpha value is -2.07. The van der Waals surface area contributed by atoms with Gasteiger partial charge in [-0.15, -0.1) is 0 Å². The van der Waals surface area contributed by atoms with Crippen LogP contribution in [0.2, 0.25) is 5.02 Å². The molecular formula is C13H11ClN2O2. The predicted octanol–water partition coefficient (Wildman–Crippen LogP) is 3.00. The van der Waals surface area contributed by atoms with Crippen molar-refractivity contribution in [3.8, 4) is 5.75 Å². The quantitative estimate of drug-likeness (QED) is 0.925. The van der Waals surface area contributed by atoms with E-state index in [9.17, 15) is 4.79 Å². The molecule has 18 heavy (non-hydrogen) atoms. The van der Waals surface area contributed by atoms with Gasteiger partial charge in [-0.2, -0.15) is 0 Å². The minimum absolute atomic E-state index is 0.316. The first kappa shape index (κ1) is 12.4. The number of ether oxygens (including phenoxy) is 1. The molecule has 2 rings (SSSR count). The van der Waals surface area contributed by atoms with Gasteiger partial charge in [0.05, 0.1) is 12.1 Å². The smallest absolute Gasteiger partial charge is 0.260 e. The highest BCUT2D eigenvalue weighted by Gasteiger charge is 2.16. The highest BCUT2D eigenvalue weighted by atomic mass is 35.5. The van der Waals surface area contributed by atoms with E-state index >= 15 is 0 Å². The second-order valence-corrected chi connectivity index (χ2v) is 3.91. The molecule has 0 fully saturated rings. The van der Waals surface area contributed by atoms with E-state index in [1.54, 1.807) is 42.7 Å². The summed E-state index contributed by atoms with van der Waals surface area (Å²) in [5.41, 5.74) is 0.968. The van der Waals surface area contributed by atoms with Gasteiger partial charge in [0, 0.05) is 18.1 Å². The molecule has 4 nitrogen and oxygen atoms in total. The average molecular weight is 263 g/mol. The largest absolute Gasteiger partial charge is 0.496 e. The van der Waals surface area contributed by atoms with Gasteiger partial charge in [-0.05, 0) is 24.3 Å². The third-order valence-corrected chi connectivity index (χ3v) is 2.68. The van der Waals surface area contributed by atoms with E-state index in [1.165, 1.54) is 7.11 Å². The van der Waals surface area contributed by atoms with Crippen LogP contribution in [-0.2, 0) is 0 Å². The Morgan fingerprint density at radius 2 is 2.00 bits per heavy atom. The van der Waals surface area contributed by atoms with Crippen molar-refractivity contribution in [1.29, 1.82) is 0 Å². The highest BCUT2D eigenvalue weighted by molar-refractivity contribution is 6.34. The van der Waals surface area contributed by atoms with Crippen LogP contribution in [-0.4, -0.2) is 18.0 Å². The van der Waals surface area contributed by atoms with E-state index < -0.39 is 0 Å². The number of carbonyl (C=O) groups excluding carboxylic acids is 1. The fourth-order valence-corrected chi connectivity index (χ4v) is 1.78. The Labute approximate surface area is 110 Å². The van der Waals surface area contributed by atoms with Gasteiger partial charge in [0.1, 0.15) is 11.3 Å². The van der Waals surface area contributed by atoms with Gasteiger partial charge in [-0.25, -0.2) is 0 Å². The first-order valence-electron chi connectivity index (χ1n) is 5.26. The van der Waals surface area contributed by atoms with E-state index in [-0.39, 0.29) is 5.91 Å². The van der Waals surface area contributed by atoms with E-state index in [2.05, 4.69) is 10.3 Å². The number of nitrogens with zero attached hydrogens (tertiary/aromatic N) is 1. The molecule has 0 aliphatic rings. The van der Waals surface area contributed by atoms with Gasteiger partial charge in [-0.3, -0.25) is 9.78 Å². The van der Waals surface area contributed by atoms with E-state index in [0.717, 1.165) is 0 Å². The maximum absolute atomic E-state index is 12.1. The van der Waals surface area contributed by atoms with Gasteiger partial charge in [0.15, 0.2) is 0 Å². The molecule has 1 N–H and O–H groups in total. The first-order chi connectivity index (χ1) is 8.72. The summed E-state index contributed by atoms with van der Waals surface area (Å²) in [6, 6.07) is 8.45. The van der Waals surface area contributed by atoms with Crippen molar-refractivity contribution in [3.05, 3.63) is 53.3 Å². The Bertz CT molecular complexity index is 558. The van der Waals surface area contributed by atoms with Crippen molar-refractivity contribution in [3.63, 3.8) is 0 Å². The van der Waals surface area contributed by atoms with Crippen LogP contribution in [0.3, 0.4) is 0 Å². The zero-order chi connectivity index (χ0) is 13.0. The second kappa shape index (κ2) is 5.51. The van der Waals surface area contributed by atoms with Crippen molar-refractivity contribution >= 4 is 23.2 Å². The van der Waals surface area contributed by atoms with Crippen LogP contribution in [0.5, 0.6) is 5.75 Å². The normalized spacial score (nSPS) is 9.89. The number of anilines is 1. The number of halogens is 1. The lowest BCUT2D eigenvalue weighted by Gasteiger charge is -2.10.